The summed E-state index contributed by atoms with van der Waals surface area (Å²) in [4.78, 5) is 4.52. The van der Waals surface area contributed by atoms with Crippen molar-refractivity contribution in [2.75, 3.05) is 11.8 Å². The van der Waals surface area contributed by atoms with Crippen LogP contribution >= 0.6 is 0 Å². The quantitative estimate of drug-likeness (QED) is 0.785. The van der Waals surface area contributed by atoms with Crippen molar-refractivity contribution in [3.05, 3.63) is 59.8 Å². The van der Waals surface area contributed by atoms with Crippen molar-refractivity contribution in [2.45, 2.75) is 18.7 Å². The Morgan fingerprint density at radius 1 is 1.04 bits per heavy atom. The summed E-state index contributed by atoms with van der Waals surface area (Å²) >= 11 is 0. The van der Waals surface area contributed by atoms with Crippen LogP contribution in [-0.2, 0) is 10.0 Å². The van der Waals surface area contributed by atoms with E-state index in [4.69, 9.17) is 4.74 Å². The second-order valence-corrected chi connectivity index (χ2v) is 7.19. The Bertz CT molecular complexity index is 985. The number of ether oxygens (including phenoxy) is 1. The topological polar surface area (TPSA) is 68.3 Å². The molecule has 1 heterocycles. The molecule has 2 aromatic carbocycles. The molecule has 0 aliphatic carbocycles. The van der Waals surface area contributed by atoms with E-state index >= 15 is 0 Å². The highest BCUT2D eigenvalue weighted by molar-refractivity contribution is 7.92. The number of nitrogens with one attached hydrogen (secondary N) is 1. The molecule has 0 bridgehead atoms. The lowest BCUT2D eigenvalue weighted by atomic mass is 10.1. The van der Waals surface area contributed by atoms with Crippen LogP contribution in [0.2, 0.25) is 0 Å². The van der Waals surface area contributed by atoms with Gasteiger partial charge in [0.25, 0.3) is 10.0 Å². The smallest absolute Gasteiger partial charge is 0.262 e. The number of pyridine rings is 1. The Balaban J connectivity index is 2.09. The van der Waals surface area contributed by atoms with E-state index in [1.807, 2.05) is 12.1 Å². The zero-order valence-electron chi connectivity index (χ0n) is 13.7. The third-order valence-electron chi connectivity index (χ3n) is 3.83. The molecule has 0 unspecified atom stereocenters. The van der Waals surface area contributed by atoms with Gasteiger partial charge in [-0.15, -0.1) is 0 Å². The molecule has 1 N–H and O–H groups in total. The van der Waals surface area contributed by atoms with E-state index in [0.29, 0.717) is 22.6 Å². The lowest BCUT2D eigenvalue weighted by Crippen LogP contribution is -2.16. The molecule has 24 heavy (non-hydrogen) atoms. The number of benzene rings is 2. The summed E-state index contributed by atoms with van der Waals surface area (Å²) in [6, 6.07) is 12.4. The molecular formula is C18H18N2O3S. The van der Waals surface area contributed by atoms with Crippen molar-refractivity contribution in [2.24, 2.45) is 0 Å². The normalized spacial score (nSPS) is 11.5. The number of anilines is 1. The summed E-state index contributed by atoms with van der Waals surface area (Å²) in [7, 11) is -2.17. The Kier molecular flexibility index (Phi) is 4.15. The summed E-state index contributed by atoms with van der Waals surface area (Å²) in [6.45, 7) is 3.52. The van der Waals surface area contributed by atoms with Crippen molar-refractivity contribution in [3.63, 3.8) is 0 Å². The van der Waals surface area contributed by atoms with E-state index < -0.39 is 10.0 Å². The van der Waals surface area contributed by atoms with Crippen LogP contribution in [0.25, 0.3) is 10.9 Å². The van der Waals surface area contributed by atoms with Gasteiger partial charge in [-0.1, -0.05) is 6.07 Å². The number of hydrogen-bond donors (Lipinski definition) is 1. The average molecular weight is 342 g/mol. The number of methoxy groups -OCH3 is 1. The molecule has 0 atom stereocenters. The van der Waals surface area contributed by atoms with E-state index in [9.17, 15) is 8.42 Å². The maximum Gasteiger partial charge on any atom is 0.262 e. The van der Waals surface area contributed by atoms with Crippen LogP contribution in [0.15, 0.2) is 53.6 Å². The lowest BCUT2D eigenvalue weighted by Gasteiger charge is -2.15. The highest BCUT2D eigenvalue weighted by atomic mass is 32.2. The van der Waals surface area contributed by atoms with Crippen LogP contribution in [-0.4, -0.2) is 20.5 Å². The Morgan fingerprint density at radius 2 is 1.75 bits per heavy atom. The van der Waals surface area contributed by atoms with Gasteiger partial charge in [-0.2, -0.15) is 0 Å². The van der Waals surface area contributed by atoms with Crippen molar-refractivity contribution >= 4 is 26.6 Å². The number of sulfonamides is 1. The molecule has 6 heteroatoms. The summed E-state index contributed by atoms with van der Waals surface area (Å²) in [6.07, 6.45) is 1.68. The first kappa shape index (κ1) is 16.3. The van der Waals surface area contributed by atoms with Crippen LogP contribution in [0.1, 0.15) is 11.1 Å². The first-order valence-electron chi connectivity index (χ1n) is 7.44. The van der Waals surface area contributed by atoms with Gasteiger partial charge in [0, 0.05) is 11.6 Å². The Morgan fingerprint density at radius 3 is 2.42 bits per heavy atom. The van der Waals surface area contributed by atoms with Gasteiger partial charge in [0.05, 0.1) is 23.2 Å². The number of fused-ring (bicyclic) bond motifs is 1. The molecular weight excluding hydrogens is 324 g/mol. The number of aromatic nitrogens is 1. The highest BCUT2D eigenvalue weighted by Crippen LogP contribution is 2.29. The first-order chi connectivity index (χ1) is 11.4. The molecule has 5 nitrogen and oxygen atoms in total. The number of aryl methyl sites for hydroxylation is 2. The molecule has 0 saturated heterocycles. The fraction of sp³-hybridized carbons (Fsp3) is 0.167. The minimum absolute atomic E-state index is 0.268. The SMILES string of the molecule is COc1cc(C)c(S(=O)(=O)Nc2cccc3ncccc23)c(C)c1. The van der Waals surface area contributed by atoms with Crippen LogP contribution in [0.4, 0.5) is 5.69 Å². The van der Waals surface area contributed by atoms with E-state index in [1.54, 1.807) is 57.5 Å². The van der Waals surface area contributed by atoms with Gasteiger partial charge in [-0.3, -0.25) is 9.71 Å². The fourth-order valence-electron chi connectivity index (χ4n) is 2.84. The van der Waals surface area contributed by atoms with E-state index in [2.05, 4.69) is 9.71 Å². The molecule has 124 valence electrons. The predicted octanol–water partition coefficient (Wildman–Crippen LogP) is 3.66. The fourth-order valence-corrected chi connectivity index (χ4v) is 4.38. The van der Waals surface area contributed by atoms with Gasteiger partial charge in [-0.05, 0) is 61.4 Å². The number of nitrogens with zero attached hydrogens (tertiary/aromatic N) is 1. The molecule has 0 aliphatic rings. The van der Waals surface area contributed by atoms with Gasteiger partial charge in [0.15, 0.2) is 0 Å². The van der Waals surface area contributed by atoms with Gasteiger partial charge in [0.1, 0.15) is 5.75 Å². The van der Waals surface area contributed by atoms with Crippen LogP contribution in [0.5, 0.6) is 5.75 Å². The zero-order valence-corrected chi connectivity index (χ0v) is 14.5. The number of rotatable bonds is 4. The van der Waals surface area contributed by atoms with Crippen molar-refractivity contribution in [1.29, 1.82) is 0 Å². The molecule has 0 spiro atoms. The molecule has 0 saturated carbocycles. The average Bonchev–Trinajstić information content (AvgIpc) is 2.54. The molecule has 0 radical (unpaired) electrons. The summed E-state index contributed by atoms with van der Waals surface area (Å²) < 4.78 is 33.7. The molecule has 1 aromatic heterocycles. The van der Waals surface area contributed by atoms with Gasteiger partial charge in [-0.25, -0.2) is 8.42 Å². The van der Waals surface area contributed by atoms with Gasteiger partial charge in [0.2, 0.25) is 0 Å². The summed E-state index contributed by atoms with van der Waals surface area (Å²) in [5.41, 5.74) is 2.52. The first-order valence-corrected chi connectivity index (χ1v) is 8.92. The van der Waals surface area contributed by atoms with Crippen molar-refractivity contribution in [3.8, 4) is 5.75 Å². The number of hydrogen-bond acceptors (Lipinski definition) is 4. The second-order valence-electron chi connectivity index (χ2n) is 5.57. The summed E-state index contributed by atoms with van der Waals surface area (Å²) in [5, 5.41) is 0.757. The third-order valence-corrected chi connectivity index (χ3v) is 5.50. The van der Waals surface area contributed by atoms with Gasteiger partial charge >= 0.3 is 0 Å². The lowest BCUT2D eigenvalue weighted by molar-refractivity contribution is 0.413. The van der Waals surface area contributed by atoms with Crippen LogP contribution in [0, 0.1) is 13.8 Å². The maximum atomic E-state index is 12.9. The molecule has 0 amide bonds. The summed E-state index contributed by atoms with van der Waals surface area (Å²) in [5.74, 6) is 0.637. The molecule has 0 fully saturated rings. The monoisotopic (exact) mass is 342 g/mol. The largest absolute Gasteiger partial charge is 0.497 e. The molecule has 3 rings (SSSR count). The zero-order chi connectivity index (χ0) is 17.3. The minimum Gasteiger partial charge on any atom is -0.497 e. The minimum atomic E-state index is -3.72. The molecule has 0 aliphatic heterocycles. The van der Waals surface area contributed by atoms with E-state index in [0.717, 1.165) is 10.9 Å². The van der Waals surface area contributed by atoms with E-state index in [1.165, 1.54) is 0 Å². The standard InChI is InChI=1S/C18H18N2O3S/c1-12-10-14(23-3)11-13(2)18(12)24(21,22)20-17-8-4-7-16-15(17)6-5-9-19-16/h4-11,20H,1-3H3. The van der Waals surface area contributed by atoms with E-state index in [-0.39, 0.29) is 4.90 Å². The highest BCUT2D eigenvalue weighted by Gasteiger charge is 2.21. The van der Waals surface area contributed by atoms with Crippen LogP contribution < -0.4 is 9.46 Å². The second kappa shape index (κ2) is 6.13. The van der Waals surface area contributed by atoms with Crippen molar-refractivity contribution < 1.29 is 13.2 Å². The van der Waals surface area contributed by atoms with Crippen molar-refractivity contribution in [1.82, 2.24) is 4.98 Å². The van der Waals surface area contributed by atoms with Gasteiger partial charge < -0.3 is 4.74 Å². The molecule has 3 aromatic rings. The van der Waals surface area contributed by atoms with Crippen LogP contribution in [0.3, 0.4) is 0 Å². The Labute approximate surface area is 141 Å². The Hall–Kier alpha value is -2.60. The maximum absolute atomic E-state index is 12.9. The third kappa shape index (κ3) is 2.92. The predicted molar refractivity (Wildman–Crippen MR) is 95.0 cm³/mol.